The van der Waals surface area contributed by atoms with Crippen LogP contribution < -0.4 is 5.32 Å². The standard InChI is InChI=1S/C14H18N2O4S/c1-8-12-10(3-2-4-11(12)17)16-13(8)14(18)15-9-5-6-21(19,20)7-9/h9,16H,2-7H2,1H3,(H,15,18)/t9-/m0/s1. The number of fused-ring (bicyclic) bond motifs is 1. The van der Waals surface area contributed by atoms with Crippen LogP contribution in [0.4, 0.5) is 0 Å². The zero-order valence-corrected chi connectivity index (χ0v) is 12.7. The number of hydrogen-bond donors (Lipinski definition) is 2. The molecule has 6 nitrogen and oxygen atoms in total. The number of sulfone groups is 1. The minimum atomic E-state index is -3.02. The lowest BCUT2D eigenvalue weighted by Gasteiger charge is -2.10. The van der Waals surface area contributed by atoms with Gasteiger partial charge in [-0.25, -0.2) is 8.42 Å². The van der Waals surface area contributed by atoms with Crippen molar-refractivity contribution in [2.45, 2.75) is 38.6 Å². The van der Waals surface area contributed by atoms with Crippen molar-refractivity contribution >= 4 is 21.5 Å². The summed E-state index contributed by atoms with van der Waals surface area (Å²) in [4.78, 5) is 27.3. The molecule has 114 valence electrons. The van der Waals surface area contributed by atoms with Crippen LogP contribution in [0.15, 0.2) is 0 Å². The zero-order valence-electron chi connectivity index (χ0n) is 11.9. The van der Waals surface area contributed by atoms with E-state index in [0.29, 0.717) is 29.7 Å². The Labute approximate surface area is 123 Å². The number of rotatable bonds is 2. The fourth-order valence-corrected chi connectivity index (χ4v) is 4.84. The third kappa shape index (κ3) is 2.62. The van der Waals surface area contributed by atoms with E-state index in [0.717, 1.165) is 18.5 Å². The number of aromatic nitrogens is 1. The highest BCUT2D eigenvalue weighted by Gasteiger charge is 2.31. The molecule has 2 heterocycles. The summed E-state index contributed by atoms with van der Waals surface area (Å²) < 4.78 is 22.8. The lowest BCUT2D eigenvalue weighted by atomic mass is 9.94. The summed E-state index contributed by atoms with van der Waals surface area (Å²) >= 11 is 0. The van der Waals surface area contributed by atoms with Gasteiger partial charge in [-0.1, -0.05) is 0 Å². The Bertz CT molecular complexity index is 718. The molecule has 1 amide bonds. The van der Waals surface area contributed by atoms with E-state index in [4.69, 9.17) is 0 Å². The van der Waals surface area contributed by atoms with Crippen molar-refractivity contribution in [2.75, 3.05) is 11.5 Å². The zero-order chi connectivity index (χ0) is 15.2. The predicted octanol–water partition coefficient (Wildman–Crippen LogP) is 0.759. The molecule has 0 unspecified atom stereocenters. The molecule has 0 aromatic carbocycles. The van der Waals surface area contributed by atoms with Crippen molar-refractivity contribution in [2.24, 2.45) is 0 Å². The number of aromatic amines is 1. The fraction of sp³-hybridized carbons (Fsp3) is 0.571. The molecule has 0 bridgehead atoms. The molecular weight excluding hydrogens is 292 g/mol. The van der Waals surface area contributed by atoms with Crippen molar-refractivity contribution in [1.29, 1.82) is 0 Å². The molecule has 1 aliphatic heterocycles. The van der Waals surface area contributed by atoms with E-state index in [1.54, 1.807) is 6.92 Å². The van der Waals surface area contributed by atoms with Gasteiger partial charge in [0, 0.05) is 23.7 Å². The Kier molecular flexibility index (Phi) is 3.39. The molecule has 1 aromatic rings. The number of carbonyl (C=O) groups is 2. The van der Waals surface area contributed by atoms with Gasteiger partial charge in [-0.3, -0.25) is 9.59 Å². The van der Waals surface area contributed by atoms with E-state index in [-0.39, 0.29) is 29.2 Å². The Morgan fingerprint density at radius 2 is 2.10 bits per heavy atom. The van der Waals surface area contributed by atoms with Gasteiger partial charge in [0.1, 0.15) is 5.69 Å². The normalized spacial score (nSPS) is 23.9. The first-order valence-electron chi connectivity index (χ1n) is 7.13. The third-order valence-electron chi connectivity index (χ3n) is 4.23. The van der Waals surface area contributed by atoms with Gasteiger partial charge in [0.2, 0.25) is 0 Å². The maximum atomic E-state index is 12.3. The summed E-state index contributed by atoms with van der Waals surface area (Å²) in [5.41, 5.74) is 2.53. The molecule has 0 saturated carbocycles. The lowest BCUT2D eigenvalue weighted by Crippen LogP contribution is -2.36. The monoisotopic (exact) mass is 310 g/mol. The Hall–Kier alpha value is -1.63. The number of Topliss-reactive ketones (excluding diaryl/α,β-unsaturated/α-hetero) is 1. The molecule has 0 radical (unpaired) electrons. The van der Waals surface area contributed by atoms with Crippen molar-refractivity contribution < 1.29 is 18.0 Å². The second kappa shape index (κ2) is 4.98. The van der Waals surface area contributed by atoms with Crippen molar-refractivity contribution in [3.05, 3.63) is 22.5 Å². The first-order valence-corrected chi connectivity index (χ1v) is 8.95. The minimum Gasteiger partial charge on any atom is -0.354 e. The van der Waals surface area contributed by atoms with Crippen molar-refractivity contribution in [3.8, 4) is 0 Å². The number of carbonyl (C=O) groups excluding carboxylic acids is 2. The van der Waals surface area contributed by atoms with E-state index in [2.05, 4.69) is 10.3 Å². The number of ketones is 1. The van der Waals surface area contributed by atoms with Crippen LogP contribution in [0.1, 0.15) is 51.4 Å². The number of H-pyrrole nitrogens is 1. The molecule has 1 atom stereocenters. The first-order chi connectivity index (χ1) is 9.87. The smallest absolute Gasteiger partial charge is 0.268 e. The fourth-order valence-electron chi connectivity index (χ4n) is 3.17. The van der Waals surface area contributed by atoms with E-state index >= 15 is 0 Å². The van der Waals surface area contributed by atoms with Gasteiger partial charge in [-0.05, 0) is 31.7 Å². The summed E-state index contributed by atoms with van der Waals surface area (Å²) in [6.45, 7) is 1.76. The first kappa shape index (κ1) is 14.3. The van der Waals surface area contributed by atoms with Crippen molar-refractivity contribution in [1.82, 2.24) is 10.3 Å². The highest BCUT2D eigenvalue weighted by molar-refractivity contribution is 7.91. The van der Waals surface area contributed by atoms with E-state index in [9.17, 15) is 18.0 Å². The van der Waals surface area contributed by atoms with Crippen LogP contribution in [0.3, 0.4) is 0 Å². The second-order valence-electron chi connectivity index (χ2n) is 5.83. The molecule has 1 aliphatic carbocycles. The minimum absolute atomic E-state index is 0.00284. The number of hydrogen-bond acceptors (Lipinski definition) is 4. The Balaban J connectivity index is 1.81. The Morgan fingerprint density at radius 3 is 2.71 bits per heavy atom. The van der Waals surface area contributed by atoms with Crippen LogP contribution in [0.5, 0.6) is 0 Å². The summed E-state index contributed by atoms with van der Waals surface area (Å²) in [6.07, 6.45) is 2.54. The molecule has 1 fully saturated rings. The van der Waals surface area contributed by atoms with E-state index in [1.807, 2.05) is 0 Å². The highest BCUT2D eigenvalue weighted by atomic mass is 32.2. The average Bonchev–Trinajstić information content (AvgIpc) is 2.91. The van der Waals surface area contributed by atoms with Gasteiger partial charge in [-0.15, -0.1) is 0 Å². The highest BCUT2D eigenvalue weighted by Crippen LogP contribution is 2.26. The van der Waals surface area contributed by atoms with Crippen LogP contribution in [0.25, 0.3) is 0 Å². The van der Waals surface area contributed by atoms with Gasteiger partial charge < -0.3 is 10.3 Å². The molecule has 7 heteroatoms. The van der Waals surface area contributed by atoms with Crippen LogP contribution >= 0.6 is 0 Å². The lowest BCUT2D eigenvalue weighted by molar-refractivity contribution is 0.0935. The van der Waals surface area contributed by atoms with Crippen LogP contribution in [-0.2, 0) is 16.3 Å². The predicted molar refractivity (Wildman–Crippen MR) is 77.3 cm³/mol. The molecule has 2 aliphatic rings. The van der Waals surface area contributed by atoms with Crippen LogP contribution in [0, 0.1) is 6.92 Å². The SMILES string of the molecule is Cc1c(C(=O)N[C@H]2CCS(=O)(=O)C2)[nH]c2c1C(=O)CCC2. The van der Waals surface area contributed by atoms with E-state index < -0.39 is 9.84 Å². The topological polar surface area (TPSA) is 96.1 Å². The molecule has 3 rings (SSSR count). The summed E-state index contributed by atoms with van der Waals surface area (Å²) in [5, 5.41) is 2.75. The van der Waals surface area contributed by atoms with Crippen LogP contribution in [-0.4, -0.2) is 42.6 Å². The summed E-state index contributed by atoms with van der Waals surface area (Å²) in [5.74, 6) is -0.127. The average molecular weight is 310 g/mol. The van der Waals surface area contributed by atoms with Gasteiger partial charge in [0.05, 0.1) is 11.5 Å². The van der Waals surface area contributed by atoms with Gasteiger partial charge in [0.15, 0.2) is 15.6 Å². The van der Waals surface area contributed by atoms with Gasteiger partial charge in [-0.2, -0.15) is 0 Å². The van der Waals surface area contributed by atoms with Crippen LogP contribution in [0.2, 0.25) is 0 Å². The quantitative estimate of drug-likeness (QED) is 0.843. The maximum Gasteiger partial charge on any atom is 0.268 e. The molecule has 2 N–H and O–H groups in total. The number of aryl methyl sites for hydroxylation is 1. The number of amides is 1. The second-order valence-corrected chi connectivity index (χ2v) is 8.06. The molecule has 0 spiro atoms. The summed E-state index contributed by atoms with van der Waals surface area (Å²) in [6, 6.07) is -0.335. The molecule has 1 saturated heterocycles. The summed E-state index contributed by atoms with van der Waals surface area (Å²) in [7, 11) is -3.02. The van der Waals surface area contributed by atoms with E-state index in [1.165, 1.54) is 0 Å². The maximum absolute atomic E-state index is 12.3. The molecular formula is C14H18N2O4S. The molecule has 1 aromatic heterocycles. The molecule has 21 heavy (non-hydrogen) atoms. The number of nitrogens with one attached hydrogen (secondary N) is 2. The largest absolute Gasteiger partial charge is 0.354 e. The van der Waals surface area contributed by atoms with Gasteiger partial charge >= 0.3 is 0 Å². The third-order valence-corrected chi connectivity index (χ3v) is 6.00. The van der Waals surface area contributed by atoms with Crippen molar-refractivity contribution in [3.63, 3.8) is 0 Å². The Morgan fingerprint density at radius 1 is 1.33 bits per heavy atom. The van der Waals surface area contributed by atoms with Gasteiger partial charge in [0.25, 0.3) is 5.91 Å².